The van der Waals surface area contributed by atoms with Crippen LogP contribution in [0.1, 0.15) is 19.4 Å². The van der Waals surface area contributed by atoms with Crippen LogP contribution in [0.5, 0.6) is 0 Å². The molecule has 0 fully saturated rings. The summed E-state index contributed by atoms with van der Waals surface area (Å²) in [5.74, 6) is 0.504. The van der Waals surface area contributed by atoms with Crippen LogP contribution in [0, 0.1) is 0 Å². The molecule has 0 radical (unpaired) electrons. The number of rotatable bonds is 4. The van der Waals surface area contributed by atoms with Gasteiger partial charge in [0.15, 0.2) is 5.96 Å². The first kappa shape index (κ1) is 12.8. The fraction of sp³-hybridized carbons (Fsp3) is 0.417. The van der Waals surface area contributed by atoms with E-state index in [1.165, 1.54) is 5.56 Å². The zero-order valence-electron chi connectivity index (χ0n) is 9.70. The van der Waals surface area contributed by atoms with Crippen molar-refractivity contribution in [2.24, 2.45) is 10.7 Å². The fourth-order valence-electron chi connectivity index (χ4n) is 1.30. The lowest BCUT2D eigenvalue weighted by Gasteiger charge is -2.08. The SMILES string of the molecule is CC(C)NC(N)=NCCc1ccc(Cl)cc1. The number of halogens is 1. The lowest BCUT2D eigenvalue weighted by molar-refractivity contribution is 0.723. The number of guanidine groups is 1. The summed E-state index contributed by atoms with van der Waals surface area (Å²) in [7, 11) is 0. The van der Waals surface area contributed by atoms with E-state index in [4.69, 9.17) is 17.3 Å². The Balaban J connectivity index is 2.37. The lowest BCUT2D eigenvalue weighted by Crippen LogP contribution is -2.36. The average Bonchev–Trinajstić information content (AvgIpc) is 2.20. The molecule has 88 valence electrons. The molecule has 0 heterocycles. The summed E-state index contributed by atoms with van der Waals surface area (Å²) < 4.78 is 0. The fourth-order valence-corrected chi connectivity index (χ4v) is 1.42. The maximum absolute atomic E-state index is 5.80. The normalized spacial score (nSPS) is 11.9. The molecule has 1 rings (SSSR count). The van der Waals surface area contributed by atoms with Gasteiger partial charge in [-0.1, -0.05) is 23.7 Å². The molecule has 0 saturated heterocycles. The van der Waals surface area contributed by atoms with Gasteiger partial charge in [-0.15, -0.1) is 0 Å². The highest BCUT2D eigenvalue weighted by molar-refractivity contribution is 6.30. The minimum atomic E-state index is 0.319. The number of nitrogens with two attached hydrogens (primary N) is 1. The van der Waals surface area contributed by atoms with Crippen molar-refractivity contribution in [1.29, 1.82) is 0 Å². The van der Waals surface area contributed by atoms with Gasteiger partial charge < -0.3 is 11.1 Å². The van der Waals surface area contributed by atoms with E-state index in [9.17, 15) is 0 Å². The minimum absolute atomic E-state index is 0.319. The Labute approximate surface area is 102 Å². The number of hydrogen-bond acceptors (Lipinski definition) is 1. The van der Waals surface area contributed by atoms with Gasteiger partial charge in [0.2, 0.25) is 0 Å². The third-order valence-corrected chi connectivity index (χ3v) is 2.28. The van der Waals surface area contributed by atoms with E-state index in [0.29, 0.717) is 18.5 Å². The van der Waals surface area contributed by atoms with Crippen LogP contribution in [-0.4, -0.2) is 18.5 Å². The molecule has 0 aliphatic heterocycles. The van der Waals surface area contributed by atoms with Crippen molar-refractivity contribution < 1.29 is 0 Å². The van der Waals surface area contributed by atoms with E-state index in [1.807, 2.05) is 38.1 Å². The van der Waals surface area contributed by atoms with E-state index >= 15 is 0 Å². The van der Waals surface area contributed by atoms with E-state index in [2.05, 4.69) is 10.3 Å². The standard InChI is InChI=1S/C12H18ClN3/c1-9(2)16-12(14)15-8-7-10-3-5-11(13)6-4-10/h3-6,9H,7-8H2,1-2H3,(H3,14,15,16). The predicted octanol–water partition coefficient (Wildman–Crippen LogP) is 2.20. The molecule has 0 spiro atoms. The van der Waals surface area contributed by atoms with Gasteiger partial charge in [-0.2, -0.15) is 0 Å². The van der Waals surface area contributed by atoms with E-state index in [1.54, 1.807) is 0 Å². The van der Waals surface area contributed by atoms with Crippen molar-refractivity contribution in [2.45, 2.75) is 26.3 Å². The van der Waals surface area contributed by atoms with Crippen LogP contribution in [0.4, 0.5) is 0 Å². The van der Waals surface area contributed by atoms with Gasteiger partial charge >= 0.3 is 0 Å². The monoisotopic (exact) mass is 239 g/mol. The molecule has 16 heavy (non-hydrogen) atoms. The van der Waals surface area contributed by atoms with Crippen LogP contribution in [0.25, 0.3) is 0 Å². The van der Waals surface area contributed by atoms with Crippen molar-refractivity contribution in [1.82, 2.24) is 5.32 Å². The van der Waals surface area contributed by atoms with Gasteiger partial charge in [-0.25, -0.2) is 0 Å². The summed E-state index contributed by atoms with van der Waals surface area (Å²) >= 11 is 5.80. The largest absolute Gasteiger partial charge is 0.370 e. The van der Waals surface area contributed by atoms with Crippen LogP contribution in [-0.2, 0) is 6.42 Å². The number of aliphatic imine (C=N–C) groups is 1. The molecule has 3 nitrogen and oxygen atoms in total. The van der Waals surface area contributed by atoms with Crippen LogP contribution < -0.4 is 11.1 Å². The number of nitrogens with zero attached hydrogens (tertiary/aromatic N) is 1. The second kappa shape index (κ2) is 6.38. The first-order chi connectivity index (χ1) is 7.58. The molecule has 0 aromatic heterocycles. The molecule has 0 amide bonds. The second-order valence-corrected chi connectivity index (χ2v) is 4.38. The molecule has 0 saturated carbocycles. The van der Waals surface area contributed by atoms with Gasteiger partial charge in [0, 0.05) is 17.6 Å². The van der Waals surface area contributed by atoms with Gasteiger partial charge in [0.25, 0.3) is 0 Å². The first-order valence-corrected chi connectivity index (χ1v) is 5.76. The highest BCUT2D eigenvalue weighted by Gasteiger charge is 1.95. The third kappa shape index (κ3) is 5.03. The summed E-state index contributed by atoms with van der Waals surface area (Å²) in [6.07, 6.45) is 0.873. The first-order valence-electron chi connectivity index (χ1n) is 5.39. The molecule has 0 bridgehead atoms. The predicted molar refractivity (Wildman–Crippen MR) is 69.9 cm³/mol. The second-order valence-electron chi connectivity index (χ2n) is 3.94. The lowest BCUT2D eigenvalue weighted by atomic mass is 10.1. The molecule has 0 aliphatic rings. The van der Waals surface area contributed by atoms with E-state index < -0.39 is 0 Å². The molecule has 0 atom stereocenters. The van der Waals surface area contributed by atoms with Crippen molar-refractivity contribution in [3.05, 3.63) is 34.9 Å². The Morgan fingerprint density at radius 3 is 2.56 bits per heavy atom. The van der Waals surface area contributed by atoms with Crippen molar-refractivity contribution in [2.75, 3.05) is 6.54 Å². The molecular weight excluding hydrogens is 222 g/mol. The number of benzene rings is 1. The van der Waals surface area contributed by atoms with Gasteiger partial charge in [-0.3, -0.25) is 4.99 Å². The van der Waals surface area contributed by atoms with E-state index in [0.717, 1.165) is 11.4 Å². The molecule has 0 aliphatic carbocycles. The topological polar surface area (TPSA) is 50.4 Å². The zero-order chi connectivity index (χ0) is 12.0. The number of hydrogen-bond donors (Lipinski definition) is 2. The smallest absolute Gasteiger partial charge is 0.188 e. The maximum Gasteiger partial charge on any atom is 0.188 e. The molecule has 0 unspecified atom stereocenters. The van der Waals surface area contributed by atoms with Crippen LogP contribution in [0.3, 0.4) is 0 Å². The Kier molecular flexibility index (Phi) is 5.12. The van der Waals surface area contributed by atoms with Gasteiger partial charge in [0.05, 0.1) is 0 Å². The zero-order valence-corrected chi connectivity index (χ0v) is 10.5. The summed E-state index contributed by atoms with van der Waals surface area (Å²) in [4.78, 5) is 4.23. The highest BCUT2D eigenvalue weighted by atomic mass is 35.5. The van der Waals surface area contributed by atoms with E-state index in [-0.39, 0.29) is 0 Å². The van der Waals surface area contributed by atoms with Gasteiger partial charge in [0.1, 0.15) is 0 Å². The molecular formula is C12H18ClN3. The molecule has 1 aromatic carbocycles. The Hall–Kier alpha value is -1.22. The summed E-state index contributed by atoms with van der Waals surface area (Å²) in [5.41, 5.74) is 6.89. The quantitative estimate of drug-likeness (QED) is 0.625. The summed E-state index contributed by atoms with van der Waals surface area (Å²) in [6.45, 7) is 4.75. The van der Waals surface area contributed by atoms with Crippen molar-refractivity contribution in [3.8, 4) is 0 Å². The van der Waals surface area contributed by atoms with Crippen LogP contribution in [0.2, 0.25) is 5.02 Å². The number of nitrogens with one attached hydrogen (secondary N) is 1. The van der Waals surface area contributed by atoms with Crippen molar-refractivity contribution >= 4 is 17.6 Å². The minimum Gasteiger partial charge on any atom is -0.370 e. The Morgan fingerprint density at radius 2 is 2.00 bits per heavy atom. The molecule has 1 aromatic rings. The average molecular weight is 240 g/mol. The maximum atomic E-state index is 5.80. The summed E-state index contributed by atoms with van der Waals surface area (Å²) in [6, 6.07) is 8.10. The van der Waals surface area contributed by atoms with Crippen LogP contribution >= 0.6 is 11.6 Å². The van der Waals surface area contributed by atoms with Gasteiger partial charge in [-0.05, 0) is 38.0 Å². The summed E-state index contributed by atoms with van der Waals surface area (Å²) in [5, 5.41) is 3.80. The third-order valence-electron chi connectivity index (χ3n) is 2.03. The Bertz CT molecular complexity index is 344. The highest BCUT2D eigenvalue weighted by Crippen LogP contribution is 2.09. The molecule has 3 N–H and O–H groups in total. The molecule has 4 heteroatoms. The van der Waals surface area contributed by atoms with Crippen molar-refractivity contribution in [3.63, 3.8) is 0 Å². The Morgan fingerprint density at radius 1 is 1.38 bits per heavy atom. The van der Waals surface area contributed by atoms with Crippen LogP contribution in [0.15, 0.2) is 29.3 Å².